The van der Waals surface area contributed by atoms with Gasteiger partial charge in [0.25, 0.3) is 15.9 Å². The van der Waals surface area contributed by atoms with E-state index in [1.54, 1.807) is 36.4 Å². The third-order valence-corrected chi connectivity index (χ3v) is 9.43. The monoisotopic (exact) mass is 563 g/mol. The van der Waals surface area contributed by atoms with E-state index in [1.165, 1.54) is 34.6 Å². The molecular formula is C25H26ClN3O6S2. The molecule has 0 aromatic heterocycles. The highest BCUT2D eigenvalue weighted by molar-refractivity contribution is 7.92. The van der Waals surface area contributed by atoms with Crippen LogP contribution in [0.3, 0.4) is 0 Å². The Bertz CT molecular complexity index is 1490. The molecule has 1 amide bonds. The van der Waals surface area contributed by atoms with Gasteiger partial charge in [0.15, 0.2) is 0 Å². The first-order chi connectivity index (χ1) is 17.5. The van der Waals surface area contributed by atoms with E-state index in [4.69, 9.17) is 16.3 Å². The van der Waals surface area contributed by atoms with E-state index in [-0.39, 0.29) is 10.6 Å². The number of carbonyl (C=O) groups is 1. The molecule has 37 heavy (non-hydrogen) atoms. The predicted octanol–water partition coefficient (Wildman–Crippen LogP) is 3.86. The van der Waals surface area contributed by atoms with Crippen molar-refractivity contribution in [2.75, 3.05) is 36.3 Å². The number of hydrogen-bond acceptors (Lipinski definition) is 6. The van der Waals surface area contributed by atoms with Crippen LogP contribution < -0.4 is 10.0 Å². The molecule has 196 valence electrons. The van der Waals surface area contributed by atoms with Crippen molar-refractivity contribution in [2.24, 2.45) is 0 Å². The molecule has 3 aromatic carbocycles. The average molecular weight is 564 g/mol. The van der Waals surface area contributed by atoms with Gasteiger partial charge in [-0.15, -0.1) is 0 Å². The lowest BCUT2D eigenvalue weighted by atomic mass is 10.1. The van der Waals surface area contributed by atoms with Gasteiger partial charge in [-0.3, -0.25) is 9.52 Å². The number of hydrogen-bond donors (Lipinski definition) is 2. The zero-order valence-electron chi connectivity index (χ0n) is 20.0. The van der Waals surface area contributed by atoms with Crippen molar-refractivity contribution >= 4 is 48.9 Å². The van der Waals surface area contributed by atoms with Crippen LogP contribution in [0, 0.1) is 6.92 Å². The first-order valence-electron chi connectivity index (χ1n) is 11.4. The largest absolute Gasteiger partial charge is 0.379 e. The highest BCUT2D eigenvalue weighted by atomic mass is 35.5. The van der Waals surface area contributed by atoms with Gasteiger partial charge in [0.2, 0.25) is 10.0 Å². The maximum atomic E-state index is 12.7. The summed E-state index contributed by atoms with van der Waals surface area (Å²) < 4.78 is 59.6. The number of carbonyl (C=O) groups excluding carboxylic acids is 1. The Hall–Kier alpha value is -2.96. The lowest BCUT2D eigenvalue weighted by Gasteiger charge is -2.26. The summed E-state index contributed by atoms with van der Waals surface area (Å²) in [5, 5.41) is 3.16. The van der Waals surface area contributed by atoms with E-state index in [9.17, 15) is 21.6 Å². The Balaban J connectivity index is 1.37. The fourth-order valence-electron chi connectivity index (χ4n) is 3.67. The van der Waals surface area contributed by atoms with E-state index >= 15 is 0 Å². The molecule has 0 saturated carbocycles. The summed E-state index contributed by atoms with van der Waals surface area (Å²) in [6, 6.07) is 16.9. The lowest BCUT2D eigenvalue weighted by molar-refractivity contribution is 0.0729. The van der Waals surface area contributed by atoms with Crippen LogP contribution in [0.2, 0.25) is 5.02 Å². The van der Waals surface area contributed by atoms with E-state index < -0.39 is 26.0 Å². The molecule has 0 radical (unpaired) electrons. The van der Waals surface area contributed by atoms with Crippen molar-refractivity contribution in [3.63, 3.8) is 0 Å². The number of aryl methyl sites for hydroxylation is 1. The molecule has 1 aliphatic heterocycles. The summed E-state index contributed by atoms with van der Waals surface area (Å²) in [5.74, 6) is -0.571. The number of anilines is 2. The fraction of sp³-hybridized carbons (Fsp3) is 0.240. The first kappa shape index (κ1) is 27.1. The molecule has 0 aliphatic carbocycles. The van der Waals surface area contributed by atoms with Gasteiger partial charge in [-0.1, -0.05) is 29.8 Å². The fourth-order valence-corrected chi connectivity index (χ4v) is 6.40. The normalized spacial score (nSPS) is 14.8. The molecule has 1 heterocycles. The summed E-state index contributed by atoms with van der Waals surface area (Å²) in [7, 11) is -7.32. The third-order valence-electron chi connectivity index (χ3n) is 5.78. The standard InChI is InChI=1S/C25H26ClN3O6S2/c1-18-2-7-22(16-24(18)26)28-37(33,34)23-10-8-21(9-11-23)27-25(30)20-5-3-19(4-6-20)17-36(31,32)29-12-14-35-15-13-29/h2-11,16,28H,12-15,17H2,1H3,(H,27,30). The summed E-state index contributed by atoms with van der Waals surface area (Å²) in [6.07, 6.45) is 0. The maximum absolute atomic E-state index is 12.7. The van der Waals surface area contributed by atoms with Gasteiger partial charge in [0, 0.05) is 29.4 Å². The number of halogens is 1. The second-order valence-electron chi connectivity index (χ2n) is 8.51. The third kappa shape index (κ3) is 6.88. The van der Waals surface area contributed by atoms with E-state index in [0.717, 1.165) is 5.56 Å². The van der Waals surface area contributed by atoms with Crippen molar-refractivity contribution in [2.45, 2.75) is 17.6 Å². The minimum atomic E-state index is -3.85. The average Bonchev–Trinajstić information content (AvgIpc) is 2.87. The Morgan fingerprint density at radius 2 is 1.54 bits per heavy atom. The molecule has 1 aliphatic rings. The second kappa shape index (κ2) is 11.2. The maximum Gasteiger partial charge on any atom is 0.261 e. The zero-order valence-corrected chi connectivity index (χ0v) is 22.4. The van der Waals surface area contributed by atoms with E-state index in [0.29, 0.717) is 53.8 Å². The van der Waals surface area contributed by atoms with Gasteiger partial charge in [-0.25, -0.2) is 16.8 Å². The molecule has 12 heteroatoms. The molecule has 0 atom stereocenters. The molecule has 3 aromatic rings. The molecule has 4 rings (SSSR count). The number of sulfonamides is 2. The van der Waals surface area contributed by atoms with Gasteiger partial charge >= 0.3 is 0 Å². The minimum absolute atomic E-state index is 0.0213. The Kier molecular flexibility index (Phi) is 8.20. The number of nitrogens with one attached hydrogen (secondary N) is 2. The summed E-state index contributed by atoms with van der Waals surface area (Å²) >= 11 is 6.07. The smallest absolute Gasteiger partial charge is 0.261 e. The zero-order chi connectivity index (χ0) is 26.6. The van der Waals surface area contributed by atoms with Crippen LogP contribution in [0.1, 0.15) is 21.5 Å². The Morgan fingerprint density at radius 3 is 2.16 bits per heavy atom. The predicted molar refractivity (Wildman–Crippen MR) is 143 cm³/mol. The SMILES string of the molecule is Cc1ccc(NS(=O)(=O)c2ccc(NC(=O)c3ccc(CS(=O)(=O)N4CCOCC4)cc3)cc2)cc1Cl. The molecule has 0 spiro atoms. The van der Waals surface area contributed by atoms with Crippen molar-refractivity contribution < 1.29 is 26.4 Å². The molecule has 1 saturated heterocycles. The van der Waals surface area contributed by atoms with Gasteiger partial charge in [-0.05, 0) is 66.6 Å². The highest BCUT2D eigenvalue weighted by Gasteiger charge is 2.24. The molecule has 0 unspecified atom stereocenters. The van der Waals surface area contributed by atoms with Crippen LogP contribution in [0.4, 0.5) is 11.4 Å². The molecule has 1 fully saturated rings. The topological polar surface area (TPSA) is 122 Å². The van der Waals surface area contributed by atoms with Gasteiger partial charge in [0.05, 0.1) is 29.5 Å². The number of rotatable bonds is 8. The van der Waals surface area contributed by atoms with Crippen LogP contribution in [0.25, 0.3) is 0 Å². The Morgan fingerprint density at radius 1 is 0.919 bits per heavy atom. The van der Waals surface area contributed by atoms with Gasteiger partial charge in [-0.2, -0.15) is 4.31 Å². The van der Waals surface area contributed by atoms with E-state index in [2.05, 4.69) is 10.0 Å². The second-order valence-corrected chi connectivity index (χ2v) is 12.6. The summed E-state index contributed by atoms with van der Waals surface area (Å²) in [4.78, 5) is 12.7. The van der Waals surface area contributed by atoms with Crippen LogP contribution in [0.15, 0.2) is 71.6 Å². The Labute approximate surface area is 221 Å². The van der Waals surface area contributed by atoms with Crippen molar-refractivity contribution in [3.05, 3.63) is 88.4 Å². The lowest BCUT2D eigenvalue weighted by Crippen LogP contribution is -2.41. The molecule has 9 nitrogen and oxygen atoms in total. The highest BCUT2D eigenvalue weighted by Crippen LogP contribution is 2.23. The van der Waals surface area contributed by atoms with Crippen molar-refractivity contribution in [3.8, 4) is 0 Å². The quantitative estimate of drug-likeness (QED) is 0.429. The molecule has 2 N–H and O–H groups in total. The first-order valence-corrected chi connectivity index (χ1v) is 14.9. The van der Waals surface area contributed by atoms with Gasteiger partial charge in [0.1, 0.15) is 0 Å². The molecular weight excluding hydrogens is 538 g/mol. The molecule has 0 bridgehead atoms. The number of amides is 1. The van der Waals surface area contributed by atoms with Crippen LogP contribution in [-0.4, -0.2) is 53.4 Å². The summed E-state index contributed by atoms with van der Waals surface area (Å²) in [6.45, 7) is 3.24. The van der Waals surface area contributed by atoms with Crippen molar-refractivity contribution in [1.82, 2.24) is 4.31 Å². The summed E-state index contributed by atoms with van der Waals surface area (Å²) in [5.41, 5.74) is 2.48. The van der Waals surface area contributed by atoms with Crippen LogP contribution >= 0.6 is 11.6 Å². The number of ether oxygens (including phenoxy) is 1. The number of nitrogens with zero attached hydrogens (tertiary/aromatic N) is 1. The van der Waals surface area contributed by atoms with Crippen LogP contribution in [-0.2, 0) is 30.5 Å². The van der Waals surface area contributed by atoms with E-state index in [1.807, 2.05) is 6.92 Å². The number of benzene rings is 3. The van der Waals surface area contributed by atoms with Crippen molar-refractivity contribution in [1.29, 1.82) is 0 Å². The number of morpholine rings is 1. The van der Waals surface area contributed by atoms with Gasteiger partial charge < -0.3 is 10.1 Å². The minimum Gasteiger partial charge on any atom is -0.379 e. The van der Waals surface area contributed by atoms with Crippen LogP contribution in [0.5, 0.6) is 0 Å².